The van der Waals surface area contributed by atoms with Gasteiger partial charge in [-0.3, -0.25) is 14.9 Å². The number of amides is 1. The van der Waals surface area contributed by atoms with E-state index in [9.17, 15) is 19.7 Å². The number of ether oxygens (including phenoxy) is 2. The van der Waals surface area contributed by atoms with Gasteiger partial charge in [0.25, 0.3) is 5.91 Å². The molecule has 1 amide bonds. The van der Waals surface area contributed by atoms with E-state index in [4.69, 9.17) is 9.47 Å². The second kappa shape index (κ2) is 9.87. The molecule has 8 heteroatoms. The average molecular weight is 414 g/mol. The lowest BCUT2D eigenvalue weighted by molar-refractivity contribution is -0.385. The first-order chi connectivity index (χ1) is 14.1. The van der Waals surface area contributed by atoms with E-state index in [0.29, 0.717) is 6.54 Å². The Labute approximate surface area is 175 Å². The molecule has 2 aromatic rings. The number of nitro groups is 1. The minimum Gasteiger partial charge on any atom is -0.487 e. The zero-order chi connectivity index (χ0) is 22.3. The van der Waals surface area contributed by atoms with Gasteiger partial charge in [0, 0.05) is 18.2 Å². The molecule has 0 unspecified atom stereocenters. The quantitative estimate of drug-likeness (QED) is 0.368. The molecule has 160 valence electrons. The fourth-order valence-electron chi connectivity index (χ4n) is 2.82. The van der Waals surface area contributed by atoms with Crippen molar-refractivity contribution < 1.29 is 24.0 Å². The number of benzene rings is 2. The van der Waals surface area contributed by atoms with Crippen molar-refractivity contribution in [1.82, 2.24) is 4.90 Å². The van der Waals surface area contributed by atoms with E-state index >= 15 is 0 Å². The van der Waals surface area contributed by atoms with Crippen LogP contribution in [0.5, 0.6) is 5.75 Å². The molecule has 8 nitrogen and oxygen atoms in total. The second-order valence-corrected chi connectivity index (χ2v) is 7.59. The maximum atomic E-state index is 12.8. The van der Waals surface area contributed by atoms with Gasteiger partial charge in [-0.15, -0.1) is 0 Å². The topological polar surface area (TPSA) is 99.0 Å². The van der Waals surface area contributed by atoms with Crippen LogP contribution in [-0.4, -0.2) is 40.5 Å². The van der Waals surface area contributed by atoms with E-state index in [1.165, 1.54) is 12.1 Å². The molecule has 2 aromatic carbocycles. The smallest absolute Gasteiger partial charge is 0.338 e. The highest BCUT2D eigenvalue weighted by Crippen LogP contribution is 2.28. The molecule has 0 radical (unpaired) electrons. The lowest BCUT2D eigenvalue weighted by atomic mass is 10.0. The summed E-state index contributed by atoms with van der Waals surface area (Å²) >= 11 is 0. The van der Waals surface area contributed by atoms with E-state index in [1.807, 2.05) is 51.1 Å². The molecule has 0 spiro atoms. The highest BCUT2D eigenvalue weighted by molar-refractivity contribution is 5.92. The highest BCUT2D eigenvalue weighted by Gasteiger charge is 2.28. The van der Waals surface area contributed by atoms with Crippen LogP contribution in [-0.2, 0) is 16.1 Å². The van der Waals surface area contributed by atoms with Crippen LogP contribution in [0, 0.1) is 10.1 Å². The Bertz CT molecular complexity index is 906. The van der Waals surface area contributed by atoms with Crippen molar-refractivity contribution in [2.24, 2.45) is 0 Å². The van der Waals surface area contributed by atoms with Gasteiger partial charge in [-0.2, -0.15) is 0 Å². The van der Waals surface area contributed by atoms with Crippen molar-refractivity contribution in [2.45, 2.75) is 39.8 Å². The maximum absolute atomic E-state index is 12.8. The Morgan fingerprint density at radius 2 is 1.77 bits per heavy atom. The van der Waals surface area contributed by atoms with Crippen LogP contribution in [0.1, 0.15) is 43.6 Å². The molecular weight excluding hydrogens is 388 g/mol. The lowest BCUT2D eigenvalue weighted by Crippen LogP contribution is -2.46. The number of esters is 1. The molecule has 0 aliphatic rings. The van der Waals surface area contributed by atoms with Crippen molar-refractivity contribution >= 4 is 17.6 Å². The predicted molar refractivity (Wildman–Crippen MR) is 111 cm³/mol. The standard InChI is InChI=1S/C22H26N2O6/c1-5-29-19-12-11-17(13-18(19)24(27)28)21(26)30-15-20(25)23(22(2,3)4)14-16-9-7-6-8-10-16/h6-13H,5,14-15H2,1-4H3. The van der Waals surface area contributed by atoms with E-state index < -0.39 is 23.0 Å². The number of rotatable bonds is 8. The normalized spacial score (nSPS) is 10.9. The fourth-order valence-corrected chi connectivity index (χ4v) is 2.82. The first kappa shape index (κ1) is 22.9. The van der Waals surface area contributed by atoms with Crippen molar-refractivity contribution in [3.8, 4) is 5.75 Å². The molecule has 30 heavy (non-hydrogen) atoms. The first-order valence-electron chi connectivity index (χ1n) is 9.56. The summed E-state index contributed by atoms with van der Waals surface area (Å²) < 4.78 is 10.3. The summed E-state index contributed by atoms with van der Waals surface area (Å²) in [6, 6.07) is 13.3. The Morgan fingerprint density at radius 1 is 1.10 bits per heavy atom. The first-order valence-corrected chi connectivity index (χ1v) is 9.56. The van der Waals surface area contributed by atoms with Gasteiger partial charge in [0.2, 0.25) is 0 Å². The molecule has 0 aliphatic heterocycles. The Balaban J connectivity index is 2.10. The summed E-state index contributed by atoms with van der Waals surface area (Å²) in [7, 11) is 0. The highest BCUT2D eigenvalue weighted by atomic mass is 16.6. The maximum Gasteiger partial charge on any atom is 0.338 e. The van der Waals surface area contributed by atoms with Crippen LogP contribution in [0.3, 0.4) is 0 Å². The van der Waals surface area contributed by atoms with Gasteiger partial charge in [0.1, 0.15) is 0 Å². The van der Waals surface area contributed by atoms with Gasteiger partial charge < -0.3 is 14.4 Å². The molecule has 0 aromatic heterocycles. The molecule has 0 heterocycles. The van der Waals surface area contributed by atoms with Crippen molar-refractivity contribution in [3.63, 3.8) is 0 Å². The molecule has 0 saturated heterocycles. The number of hydrogen-bond donors (Lipinski definition) is 0. The van der Waals surface area contributed by atoms with Crippen molar-refractivity contribution in [1.29, 1.82) is 0 Å². The van der Waals surface area contributed by atoms with Crippen LogP contribution >= 0.6 is 0 Å². The monoisotopic (exact) mass is 414 g/mol. The van der Waals surface area contributed by atoms with Crippen LogP contribution in [0.15, 0.2) is 48.5 Å². The van der Waals surface area contributed by atoms with Crippen LogP contribution < -0.4 is 4.74 Å². The van der Waals surface area contributed by atoms with Gasteiger partial charge in [-0.25, -0.2) is 4.79 Å². The zero-order valence-electron chi connectivity index (χ0n) is 17.6. The average Bonchev–Trinajstić information content (AvgIpc) is 2.70. The summed E-state index contributed by atoms with van der Waals surface area (Å²) in [5.74, 6) is -1.11. The number of hydrogen-bond acceptors (Lipinski definition) is 6. The number of nitro benzene ring substituents is 1. The van der Waals surface area contributed by atoms with E-state index in [-0.39, 0.29) is 29.5 Å². The SMILES string of the molecule is CCOc1ccc(C(=O)OCC(=O)N(Cc2ccccc2)C(C)(C)C)cc1[N+](=O)[O-]. The molecule has 0 aliphatic carbocycles. The van der Waals surface area contributed by atoms with Gasteiger partial charge in [0.05, 0.1) is 17.1 Å². The zero-order valence-corrected chi connectivity index (χ0v) is 17.6. The van der Waals surface area contributed by atoms with Crippen LogP contribution in [0.4, 0.5) is 5.69 Å². The number of nitrogens with zero attached hydrogens (tertiary/aromatic N) is 2. The Morgan fingerprint density at radius 3 is 2.33 bits per heavy atom. The third-order valence-corrected chi connectivity index (χ3v) is 4.31. The summed E-state index contributed by atoms with van der Waals surface area (Å²) in [6.45, 7) is 7.54. The third-order valence-electron chi connectivity index (χ3n) is 4.31. The minimum absolute atomic E-state index is 0.0247. The van der Waals surface area contributed by atoms with E-state index in [1.54, 1.807) is 11.8 Å². The van der Waals surface area contributed by atoms with Gasteiger partial charge in [-0.1, -0.05) is 30.3 Å². The predicted octanol–water partition coefficient (Wildman–Crippen LogP) is 3.98. The van der Waals surface area contributed by atoms with Crippen LogP contribution in [0.25, 0.3) is 0 Å². The van der Waals surface area contributed by atoms with Gasteiger partial charge >= 0.3 is 11.7 Å². The molecular formula is C22H26N2O6. The largest absolute Gasteiger partial charge is 0.487 e. The summed E-state index contributed by atoms with van der Waals surface area (Å²) in [5.41, 5.74) is 0.104. The molecule has 0 atom stereocenters. The Kier molecular flexibility index (Phi) is 7.52. The second-order valence-electron chi connectivity index (χ2n) is 7.59. The third kappa shape index (κ3) is 6.04. The van der Waals surface area contributed by atoms with Gasteiger partial charge in [0.15, 0.2) is 12.4 Å². The summed E-state index contributed by atoms with van der Waals surface area (Å²) in [6.07, 6.45) is 0. The van der Waals surface area contributed by atoms with Crippen molar-refractivity contribution in [3.05, 3.63) is 69.8 Å². The summed E-state index contributed by atoms with van der Waals surface area (Å²) in [5, 5.41) is 11.2. The minimum atomic E-state index is -0.817. The van der Waals surface area contributed by atoms with Crippen LogP contribution in [0.2, 0.25) is 0 Å². The van der Waals surface area contributed by atoms with E-state index in [0.717, 1.165) is 11.6 Å². The molecule has 0 N–H and O–H groups in total. The number of carbonyl (C=O) groups excluding carboxylic acids is 2. The molecule has 0 bridgehead atoms. The molecule has 0 fully saturated rings. The van der Waals surface area contributed by atoms with E-state index in [2.05, 4.69) is 0 Å². The lowest BCUT2D eigenvalue weighted by Gasteiger charge is -2.35. The van der Waals surface area contributed by atoms with Crippen molar-refractivity contribution in [2.75, 3.05) is 13.2 Å². The van der Waals surface area contributed by atoms with Gasteiger partial charge in [-0.05, 0) is 45.4 Å². The number of carbonyl (C=O) groups is 2. The molecule has 2 rings (SSSR count). The summed E-state index contributed by atoms with van der Waals surface area (Å²) in [4.78, 5) is 37.3. The fraction of sp³-hybridized carbons (Fsp3) is 0.364. The molecule has 0 saturated carbocycles. The Hall–Kier alpha value is -3.42.